The Balaban J connectivity index is 2.10. The van der Waals surface area contributed by atoms with Crippen LogP contribution in [-0.2, 0) is 0 Å². The molecule has 1 heterocycles. The van der Waals surface area contributed by atoms with Crippen molar-refractivity contribution in [1.82, 2.24) is 15.4 Å². The number of carbonyl (C=O) groups excluding carboxylic acids is 1. The average molecular weight is 195 g/mol. The first-order valence-electron chi connectivity index (χ1n) is 5.23. The molecule has 0 unspecified atom stereocenters. The van der Waals surface area contributed by atoms with Crippen molar-refractivity contribution in [3.05, 3.63) is 11.9 Å². The van der Waals surface area contributed by atoms with Gasteiger partial charge in [-0.2, -0.15) is 15.4 Å². The van der Waals surface area contributed by atoms with Crippen LogP contribution in [0.25, 0.3) is 0 Å². The van der Waals surface area contributed by atoms with Crippen LogP contribution >= 0.6 is 0 Å². The van der Waals surface area contributed by atoms with Gasteiger partial charge in [-0.3, -0.25) is 4.79 Å². The Labute approximate surface area is 84.1 Å². The first-order chi connectivity index (χ1) is 6.84. The number of carbonyl (C=O) groups is 1. The van der Waals surface area contributed by atoms with Crippen LogP contribution in [0.1, 0.15) is 55.9 Å². The van der Waals surface area contributed by atoms with E-state index in [1.807, 2.05) is 0 Å². The molecule has 0 atom stereocenters. The van der Waals surface area contributed by atoms with Crippen molar-refractivity contribution in [3.63, 3.8) is 0 Å². The largest absolute Gasteiger partial charge is 0.292 e. The van der Waals surface area contributed by atoms with Gasteiger partial charge in [0.2, 0.25) is 0 Å². The molecule has 0 saturated carbocycles. The topological polar surface area (TPSA) is 58.6 Å². The van der Waals surface area contributed by atoms with Gasteiger partial charge in [0.05, 0.1) is 6.20 Å². The van der Waals surface area contributed by atoms with Crippen molar-refractivity contribution < 1.29 is 4.79 Å². The van der Waals surface area contributed by atoms with Crippen LogP contribution in [0.4, 0.5) is 0 Å². The fourth-order valence-corrected chi connectivity index (χ4v) is 1.35. The summed E-state index contributed by atoms with van der Waals surface area (Å²) in [5.41, 5.74) is 0.459. The van der Waals surface area contributed by atoms with Gasteiger partial charge < -0.3 is 0 Å². The number of unbranched alkanes of at least 4 members (excludes halogenated alkanes) is 4. The maximum absolute atomic E-state index is 11.4. The third-order valence-corrected chi connectivity index (χ3v) is 2.21. The average Bonchev–Trinajstić information content (AvgIpc) is 2.70. The Hall–Kier alpha value is -1.19. The van der Waals surface area contributed by atoms with Crippen LogP contribution in [-0.4, -0.2) is 21.2 Å². The predicted octanol–water partition coefficient (Wildman–Crippen LogP) is 2.35. The van der Waals surface area contributed by atoms with Gasteiger partial charge in [-0.25, -0.2) is 0 Å². The zero-order valence-electron chi connectivity index (χ0n) is 8.62. The summed E-state index contributed by atoms with van der Waals surface area (Å²) >= 11 is 0. The number of Topliss-reactive ketones (excluding diaryl/α,β-unsaturated/α-hetero) is 1. The molecule has 0 spiro atoms. The Morgan fingerprint density at radius 3 is 2.79 bits per heavy atom. The standard InChI is InChI=1S/C10H17N3O/c1-2-3-4-5-6-7-10(14)9-8-11-13-12-9/h8H,2-7H2,1H3,(H,11,12,13). The highest BCUT2D eigenvalue weighted by molar-refractivity contribution is 5.93. The Bertz CT molecular complexity index is 256. The van der Waals surface area contributed by atoms with E-state index in [0.717, 1.165) is 12.8 Å². The Kier molecular flexibility index (Phi) is 4.89. The summed E-state index contributed by atoms with van der Waals surface area (Å²) in [5.74, 6) is 0.0928. The molecule has 78 valence electrons. The molecule has 0 saturated heterocycles. The van der Waals surface area contributed by atoms with Crippen LogP contribution in [0.2, 0.25) is 0 Å². The highest BCUT2D eigenvalue weighted by Gasteiger charge is 2.07. The van der Waals surface area contributed by atoms with E-state index in [-0.39, 0.29) is 5.78 Å². The second-order valence-corrected chi connectivity index (χ2v) is 3.44. The fourth-order valence-electron chi connectivity index (χ4n) is 1.35. The minimum absolute atomic E-state index is 0.0928. The van der Waals surface area contributed by atoms with Crippen LogP contribution < -0.4 is 0 Å². The van der Waals surface area contributed by atoms with E-state index >= 15 is 0 Å². The summed E-state index contributed by atoms with van der Waals surface area (Å²) in [5, 5.41) is 9.79. The number of rotatable bonds is 7. The minimum Gasteiger partial charge on any atom is -0.292 e. The number of aromatic amines is 1. The van der Waals surface area contributed by atoms with Gasteiger partial charge in [-0.05, 0) is 6.42 Å². The molecule has 0 aliphatic rings. The molecule has 0 aromatic carbocycles. The van der Waals surface area contributed by atoms with E-state index in [9.17, 15) is 4.79 Å². The third-order valence-electron chi connectivity index (χ3n) is 2.21. The van der Waals surface area contributed by atoms with E-state index in [4.69, 9.17) is 0 Å². The minimum atomic E-state index is 0.0928. The van der Waals surface area contributed by atoms with Crippen molar-refractivity contribution in [2.75, 3.05) is 0 Å². The number of aromatic nitrogens is 3. The lowest BCUT2D eigenvalue weighted by atomic mass is 10.1. The molecule has 1 aromatic heterocycles. The lowest BCUT2D eigenvalue weighted by Gasteiger charge is -1.97. The summed E-state index contributed by atoms with van der Waals surface area (Å²) in [6, 6.07) is 0. The van der Waals surface area contributed by atoms with Crippen molar-refractivity contribution in [2.45, 2.75) is 45.4 Å². The Morgan fingerprint density at radius 2 is 2.14 bits per heavy atom. The van der Waals surface area contributed by atoms with Gasteiger partial charge in [-0.1, -0.05) is 32.6 Å². The number of nitrogens with zero attached hydrogens (tertiary/aromatic N) is 2. The Morgan fingerprint density at radius 1 is 1.36 bits per heavy atom. The normalized spacial score (nSPS) is 10.4. The predicted molar refractivity (Wildman–Crippen MR) is 54.1 cm³/mol. The van der Waals surface area contributed by atoms with E-state index < -0.39 is 0 Å². The van der Waals surface area contributed by atoms with Crippen LogP contribution in [0.3, 0.4) is 0 Å². The van der Waals surface area contributed by atoms with Crippen LogP contribution in [0.15, 0.2) is 6.20 Å². The van der Waals surface area contributed by atoms with E-state index in [1.54, 1.807) is 0 Å². The number of hydrogen-bond acceptors (Lipinski definition) is 3. The quantitative estimate of drug-likeness (QED) is 0.536. The fraction of sp³-hybridized carbons (Fsp3) is 0.700. The zero-order valence-corrected chi connectivity index (χ0v) is 8.62. The number of H-pyrrole nitrogens is 1. The highest BCUT2D eigenvalue weighted by atomic mass is 16.1. The molecule has 0 aliphatic heterocycles. The van der Waals surface area contributed by atoms with Crippen molar-refractivity contribution in [3.8, 4) is 0 Å². The molecule has 4 nitrogen and oxygen atoms in total. The number of hydrogen-bond donors (Lipinski definition) is 1. The number of ketones is 1. The van der Waals surface area contributed by atoms with Crippen molar-refractivity contribution in [1.29, 1.82) is 0 Å². The smallest absolute Gasteiger partial charge is 0.184 e. The molecule has 0 aliphatic carbocycles. The van der Waals surface area contributed by atoms with Crippen LogP contribution in [0.5, 0.6) is 0 Å². The van der Waals surface area contributed by atoms with Gasteiger partial charge >= 0.3 is 0 Å². The molecule has 1 rings (SSSR count). The first-order valence-corrected chi connectivity index (χ1v) is 5.23. The molecule has 1 aromatic rings. The van der Waals surface area contributed by atoms with Gasteiger partial charge in [0, 0.05) is 6.42 Å². The molecule has 14 heavy (non-hydrogen) atoms. The summed E-state index contributed by atoms with van der Waals surface area (Å²) in [4.78, 5) is 11.4. The lowest BCUT2D eigenvalue weighted by Crippen LogP contribution is -1.99. The maximum Gasteiger partial charge on any atom is 0.184 e. The van der Waals surface area contributed by atoms with Gasteiger partial charge in [0.25, 0.3) is 0 Å². The second kappa shape index (κ2) is 6.29. The summed E-state index contributed by atoms with van der Waals surface area (Å²) in [6.45, 7) is 2.18. The summed E-state index contributed by atoms with van der Waals surface area (Å²) in [6.07, 6.45) is 7.89. The van der Waals surface area contributed by atoms with Gasteiger partial charge in [0.1, 0.15) is 5.69 Å². The maximum atomic E-state index is 11.4. The van der Waals surface area contributed by atoms with Gasteiger partial charge in [-0.15, -0.1) is 0 Å². The zero-order chi connectivity index (χ0) is 10.2. The van der Waals surface area contributed by atoms with E-state index in [2.05, 4.69) is 22.3 Å². The first kappa shape index (κ1) is 10.9. The van der Waals surface area contributed by atoms with Crippen molar-refractivity contribution >= 4 is 5.78 Å². The highest BCUT2D eigenvalue weighted by Crippen LogP contribution is 2.07. The number of nitrogens with one attached hydrogen (secondary N) is 1. The van der Waals surface area contributed by atoms with Gasteiger partial charge in [0.15, 0.2) is 5.78 Å². The summed E-state index contributed by atoms with van der Waals surface area (Å²) < 4.78 is 0. The lowest BCUT2D eigenvalue weighted by molar-refractivity contribution is 0.0974. The summed E-state index contributed by atoms with van der Waals surface area (Å²) in [7, 11) is 0. The SMILES string of the molecule is CCCCCCCC(=O)c1cn[nH]n1. The molecule has 0 radical (unpaired) electrons. The molecule has 4 heteroatoms. The molecule has 0 bridgehead atoms. The van der Waals surface area contributed by atoms with E-state index in [0.29, 0.717) is 12.1 Å². The monoisotopic (exact) mass is 195 g/mol. The second-order valence-electron chi connectivity index (χ2n) is 3.44. The van der Waals surface area contributed by atoms with E-state index in [1.165, 1.54) is 25.5 Å². The molecular weight excluding hydrogens is 178 g/mol. The van der Waals surface area contributed by atoms with Crippen LogP contribution in [0, 0.1) is 0 Å². The molecule has 0 fully saturated rings. The molecule has 0 amide bonds. The third kappa shape index (κ3) is 3.68. The molecule has 1 N–H and O–H groups in total. The van der Waals surface area contributed by atoms with Crippen molar-refractivity contribution in [2.24, 2.45) is 0 Å². The molecular formula is C10H17N3O.